The normalized spacial score (nSPS) is 10.5. The SMILES string of the molecule is CC(C)c1ccc(C(=O)NCC(=O)NCc2ccco2)cc1. The fraction of sp³-hybridized carbons (Fsp3) is 0.294. The van der Waals surface area contributed by atoms with Crippen LogP contribution in [0.15, 0.2) is 47.1 Å². The molecule has 0 bridgehead atoms. The van der Waals surface area contributed by atoms with Crippen LogP contribution in [0.2, 0.25) is 0 Å². The minimum Gasteiger partial charge on any atom is -0.467 e. The number of carbonyl (C=O) groups excluding carboxylic acids is 2. The fourth-order valence-electron chi connectivity index (χ4n) is 1.94. The molecule has 2 N–H and O–H groups in total. The molecule has 2 rings (SSSR count). The highest BCUT2D eigenvalue weighted by atomic mass is 16.3. The first kappa shape index (κ1) is 15.8. The Morgan fingerprint density at radius 3 is 2.41 bits per heavy atom. The molecule has 116 valence electrons. The zero-order valence-corrected chi connectivity index (χ0v) is 12.8. The van der Waals surface area contributed by atoms with Crippen molar-refractivity contribution < 1.29 is 14.0 Å². The number of furan rings is 1. The molecule has 0 fully saturated rings. The summed E-state index contributed by atoms with van der Waals surface area (Å²) in [6.45, 7) is 4.44. The first-order chi connectivity index (χ1) is 10.6. The molecule has 0 aliphatic rings. The maximum atomic E-state index is 12.0. The molecule has 0 aliphatic heterocycles. The summed E-state index contributed by atoms with van der Waals surface area (Å²) in [7, 11) is 0. The maximum Gasteiger partial charge on any atom is 0.251 e. The van der Waals surface area contributed by atoms with Crippen molar-refractivity contribution in [2.75, 3.05) is 6.54 Å². The van der Waals surface area contributed by atoms with E-state index < -0.39 is 0 Å². The standard InChI is InChI=1S/C17H20N2O3/c1-12(2)13-5-7-14(8-6-13)17(21)19-11-16(20)18-10-15-4-3-9-22-15/h3-9,12H,10-11H2,1-2H3,(H,18,20)(H,19,21). The number of rotatable bonds is 6. The Morgan fingerprint density at radius 1 is 1.09 bits per heavy atom. The van der Waals surface area contributed by atoms with E-state index in [-0.39, 0.29) is 18.4 Å². The van der Waals surface area contributed by atoms with Gasteiger partial charge in [-0.05, 0) is 35.7 Å². The molecule has 1 heterocycles. The molecule has 22 heavy (non-hydrogen) atoms. The predicted octanol–water partition coefficient (Wildman–Crippen LogP) is 2.45. The van der Waals surface area contributed by atoms with Crippen LogP contribution in [0.25, 0.3) is 0 Å². The van der Waals surface area contributed by atoms with Gasteiger partial charge in [0.05, 0.1) is 19.4 Å². The summed E-state index contributed by atoms with van der Waals surface area (Å²) < 4.78 is 5.11. The smallest absolute Gasteiger partial charge is 0.251 e. The summed E-state index contributed by atoms with van der Waals surface area (Å²) in [5.41, 5.74) is 1.72. The molecule has 0 radical (unpaired) electrons. The van der Waals surface area contributed by atoms with E-state index in [2.05, 4.69) is 24.5 Å². The first-order valence-corrected chi connectivity index (χ1v) is 7.23. The first-order valence-electron chi connectivity index (χ1n) is 7.23. The largest absolute Gasteiger partial charge is 0.467 e. The van der Waals surface area contributed by atoms with Crippen molar-refractivity contribution in [2.45, 2.75) is 26.3 Å². The molecule has 5 nitrogen and oxygen atoms in total. The summed E-state index contributed by atoms with van der Waals surface area (Å²) in [6.07, 6.45) is 1.55. The Hall–Kier alpha value is -2.56. The van der Waals surface area contributed by atoms with Gasteiger partial charge in [0.1, 0.15) is 5.76 Å². The van der Waals surface area contributed by atoms with Crippen molar-refractivity contribution >= 4 is 11.8 Å². The van der Waals surface area contributed by atoms with E-state index in [0.717, 1.165) is 0 Å². The van der Waals surface area contributed by atoms with Gasteiger partial charge >= 0.3 is 0 Å². The van der Waals surface area contributed by atoms with Crippen LogP contribution in [-0.2, 0) is 11.3 Å². The average Bonchev–Trinajstić information content (AvgIpc) is 3.04. The number of hydrogen-bond donors (Lipinski definition) is 2. The molecule has 0 spiro atoms. The zero-order valence-electron chi connectivity index (χ0n) is 12.8. The molecule has 2 amide bonds. The van der Waals surface area contributed by atoms with Crippen LogP contribution in [0.4, 0.5) is 0 Å². The van der Waals surface area contributed by atoms with Crippen molar-refractivity contribution in [1.29, 1.82) is 0 Å². The van der Waals surface area contributed by atoms with Crippen molar-refractivity contribution in [2.24, 2.45) is 0 Å². The van der Waals surface area contributed by atoms with Gasteiger partial charge < -0.3 is 15.1 Å². The van der Waals surface area contributed by atoms with E-state index in [4.69, 9.17) is 4.42 Å². The molecule has 1 aromatic heterocycles. The van der Waals surface area contributed by atoms with Gasteiger partial charge in [-0.15, -0.1) is 0 Å². The lowest BCUT2D eigenvalue weighted by atomic mass is 10.0. The molecule has 0 saturated carbocycles. The van der Waals surface area contributed by atoms with Crippen LogP contribution < -0.4 is 10.6 Å². The minimum atomic E-state index is -0.261. The van der Waals surface area contributed by atoms with Gasteiger partial charge in [0.2, 0.25) is 5.91 Å². The highest BCUT2D eigenvalue weighted by Crippen LogP contribution is 2.14. The topological polar surface area (TPSA) is 71.3 Å². The van der Waals surface area contributed by atoms with E-state index >= 15 is 0 Å². The number of nitrogens with one attached hydrogen (secondary N) is 2. The monoisotopic (exact) mass is 300 g/mol. The summed E-state index contributed by atoms with van der Waals surface area (Å²) in [5, 5.41) is 5.26. The number of carbonyl (C=O) groups is 2. The summed E-state index contributed by atoms with van der Waals surface area (Å²) >= 11 is 0. The Bertz CT molecular complexity index is 616. The van der Waals surface area contributed by atoms with Crippen LogP contribution >= 0.6 is 0 Å². The summed E-state index contributed by atoms with van der Waals surface area (Å²) in [4.78, 5) is 23.6. The predicted molar refractivity (Wildman–Crippen MR) is 83.4 cm³/mol. The summed E-state index contributed by atoms with van der Waals surface area (Å²) in [5.74, 6) is 0.570. The van der Waals surface area contributed by atoms with Crippen LogP contribution in [0.1, 0.15) is 41.4 Å². The lowest BCUT2D eigenvalue weighted by Crippen LogP contribution is -2.36. The summed E-state index contributed by atoms with van der Waals surface area (Å²) in [6, 6.07) is 10.9. The third kappa shape index (κ3) is 4.48. The number of amides is 2. The number of hydrogen-bond acceptors (Lipinski definition) is 3. The molecule has 0 unspecified atom stereocenters. The van der Waals surface area contributed by atoms with Gasteiger partial charge in [0.25, 0.3) is 5.91 Å². The second-order valence-corrected chi connectivity index (χ2v) is 5.32. The van der Waals surface area contributed by atoms with Gasteiger partial charge in [-0.2, -0.15) is 0 Å². The highest BCUT2D eigenvalue weighted by molar-refractivity contribution is 5.96. The van der Waals surface area contributed by atoms with E-state index in [1.54, 1.807) is 30.5 Å². The maximum absolute atomic E-state index is 12.0. The van der Waals surface area contributed by atoms with E-state index in [9.17, 15) is 9.59 Å². The van der Waals surface area contributed by atoms with Crippen LogP contribution in [0.3, 0.4) is 0 Å². The Kier molecular flexibility index (Phi) is 5.36. The van der Waals surface area contributed by atoms with Gasteiger partial charge in [-0.1, -0.05) is 26.0 Å². The molecular weight excluding hydrogens is 280 g/mol. The second kappa shape index (κ2) is 7.45. The van der Waals surface area contributed by atoms with E-state index in [0.29, 0.717) is 23.8 Å². The third-order valence-corrected chi connectivity index (χ3v) is 3.29. The molecule has 1 aromatic carbocycles. The lowest BCUT2D eigenvalue weighted by molar-refractivity contribution is -0.120. The molecule has 0 atom stereocenters. The van der Waals surface area contributed by atoms with Gasteiger partial charge in [-0.3, -0.25) is 9.59 Å². The van der Waals surface area contributed by atoms with Crippen molar-refractivity contribution in [3.63, 3.8) is 0 Å². The molecular formula is C17H20N2O3. The lowest BCUT2D eigenvalue weighted by Gasteiger charge is -2.08. The van der Waals surface area contributed by atoms with E-state index in [1.165, 1.54) is 5.56 Å². The molecule has 0 aliphatic carbocycles. The van der Waals surface area contributed by atoms with Crippen molar-refractivity contribution in [3.05, 3.63) is 59.5 Å². The minimum absolute atomic E-state index is 0.0640. The van der Waals surface area contributed by atoms with Crippen LogP contribution in [-0.4, -0.2) is 18.4 Å². The molecule has 0 saturated heterocycles. The van der Waals surface area contributed by atoms with Gasteiger partial charge in [-0.25, -0.2) is 0 Å². The second-order valence-electron chi connectivity index (χ2n) is 5.32. The third-order valence-electron chi connectivity index (χ3n) is 3.29. The average molecular weight is 300 g/mol. The van der Waals surface area contributed by atoms with Crippen molar-refractivity contribution in [3.8, 4) is 0 Å². The fourth-order valence-corrected chi connectivity index (χ4v) is 1.94. The van der Waals surface area contributed by atoms with Crippen LogP contribution in [0.5, 0.6) is 0 Å². The van der Waals surface area contributed by atoms with Crippen LogP contribution in [0, 0.1) is 0 Å². The Morgan fingerprint density at radius 2 is 1.82 bits per heavy atom. The van der Waals surface area contributed by atoms with E-state index in [1.807, 2.05) is 12.1 Å². The molecule has 2 aromatic rings. The van der Waals surface area contributed by atoms with Crippen molar-refractivity contribution in [1.82, 2.24) is 10.6 Å². The molecule has 5 heteroatoms. The Labute approximate surface area is 129 Å². The van der Waals surface area contributed by atoms with Gasteiger partial charge in [0.15, 0.2) is 0 Å². The highest BCUT2D eigenvalue weighted by Gasteiger charge is 2.09. The van der Waals surface area contributed by atoms with Gasteiger partial charge in [0, 0.05) is 5.56 Å². The zero-order chi connectivity index (χ0) is 15.9. The Balaban J connectivity index is 1.78. The number of benzene rings is 1. The quantitative estimate of drug-likeness (QED) is 0.860.